The van der Waals surface area contributed by atoms with Crippen LogP contribution in [-0.4, -0.2) is 29.9 Å². The topological polar surface area (TPSA) is 60.4 Å². The summed E-state index contributed by atoms with van der Waals surface area (Å²) in [5, 5.41) is 11.4. The minimum absolute atomic E-state index is 0. The first-order valence-electron chi connectivity index (χ1n) is 9.33. The Hall–Kier alpha value is -1.10. The van der Waals surface area contributed by atoms with E-state index in [1.807, 2.05) is 35.2 Å². The van der Waals surface area contributed by atoms with E-state index in [2.05, 4.69) is 0 Å². The molecule has 1 saturated heterocycles. The van der Waals surface area contributed by atoms with Crippen LogP contribution in [0.1, 0.15) is 56.9 Å². The second kappa shape index (κ2) is 9.72. The van der Waals surface area contributed by atoms with Crippen LogP contribution in [0.2, 0.25) is 0 Å². The fourth-order valence-corrected chi connectivity index (χ4v) is 4.24. The third-order valence-corrected chi connectivity index (χ3v) is 5.84. The number of rotatable bonds is 4. The van der Waals surface area contributed by atoms with Crippen LogP contribution in [0, 0.1) is 5.41 Å². The maximum atomic E-state index is 12.6. The molecule has 5 heteroatoms. The van der Waals surface area contributed by atoms with Crippen LogP contribution >= 0.6 is 0 Å². The first-order chi connectivity index (χ1) is 12.1. The molecule has 1 amide bonds. The Labute approximate surface area is 177 Å². The summed E-state index contributed by atoms with van der Waals surface area (Å²) in [5.41, 5.74) is 1.26. The monoisotopic (exact) mass is 363 g/mol. The zero-order valence-corrected chi connectivity index (χ0v) is 17.7. The Morgan fingerprint density at radius 3 is 2.19 bits per heavy atom. The second-order valence-electron chi connectivity index (χ2n) is 7.49. The quantitative estimate of drug-likeness (QED) is 0.549. The molecule has 1 aliphatic heterocycles. The molecule has 0 radical (unpaired) electrons. The van der Waals surface area contributed by atoms with Gasteiger partial charge in [0.2, 0.25) is 5.91 Å². The molecule has 1 heterocycles. The number of carboxylic acids is 1. The number of likely N-dealkylation sites (tertiary alicyclic amines) is 1. The smallest absolute Gasteiger partial charge is 0.545 e. The summed E-state index contributed by atoms with van der Waals surface area (Å²) in [4.78, 5) is 25.8. The standard InChI is InChI=1S/C21H27NO3.Na/c23-19(16-18(20(24)25)15-17-7-3-1-4-8-17)22-13-11-21(12-14-22)9-5-2-6-10-21;/h1,3-4,7-8,15H,2,5-6,9-14,16H2,(H,24,25);/q;+1/p-1/b18-15+;. The first kappa shape index (κ1) is 21.2. The fraction of sp³-hybridized carbons (Fsp3) is 0.524. The Morgan fingerprint density at radius 2 is 1.62 bits per heavy atom. The molecule has 26 heavy (non-hydrogen) atoms. The Balaban J connectivity index is 0.00000243. The molecule has 1 aromatic carbocycles. The molecule has 0 unspecified atom stereocenters. The van der Waals surface area contributed by atoms with Crippen molar-refractivity contribution in [2.75, 3.05) is 13.1 Å². The van der Waals surface area contributed by atoms with E-state index in [0.717, 1.165) is 31.5 Å². The number of hydrogen-bond acceptors (Lipinski definition) is 3. The van der Waals surface area contributed by atoms with Gasteiger partial charge in [0, 0.05) is 13.1 Å². The van der Waals surface area contributed by atoms with Crippen LogP contribution in [0.5, 0.6) is 0 Å². The zero-order chi connectivity index (χ0) is 17.7. The van der Waals surface area contributed by atoms with Gasteiger partial charge in [-0.25, -0.2) is 0 Å². The van der Waals surface area contributed by atoms with Crippen molar-refractivity contribution in [2.45, 2.75) is 51.4 Å². The van der Waals surface area contributed by atoms with Crippen molar-refractivity contribution in [3.63, 3.8) is 0 Å². The van der Waals surface area contributed by atoms with Crippen LogP contribution in [0.15, 0.2) is 35.9 Å². The second-order valence-corrected chi connectivity index (χ2v) is 7.49. The first-order valence-corrected chi connectivity index (χ1v) is 9.33. The van der Waals surface area contributed by atoms with E-state index in [1.165, 1.54) is 32.1 Å². The molecule has 2 aliphatic rings. The fourth-order valence-electron chi connectivity index (χ4n) is 4.24. The zero-order valence-electron chi connectivity index (χ0n) is 15.7. The van der Waals surface area contributed by atoms with Crippen molar-refractivity contribution < 1.29 is 44.3 Å². The van der Waals surface area contributed by atoms with E-state index in [1.54, 1.807) is 6.08 Å². The summed E-state index contributed by atoms with van der Waals surface area (Å²) in [7, 11) is 0. The van der Waals surface area contributed by atoms with E-state index in [-0.39, 0.29) is 47.5 Å². The van der Waals surface area contributed by atoms with Gasteiger partial charge in [-0.15, -0.1) is 0 Å². The van der Waals surface area contributed by atoms with Gasteiger partial charge in [-0.2, -0.15) is 0 Å². The largest absolute Gasteiger partial charge is 1.00 e. The molecule has 0 bridgehead atoms. The summed E-state index contributed by atoms with van der Waals surface area (Å²) < 4.78 is 0. The van der Waals surface area contributed by atoms with Gasteiger partial charge < -0.3 is 14.8 Å². The van der Waals surface area contributed by atoms with Crippen molar-refractivity contribution in [3.05, 3.63) is 41.5 Å². The van der Waals surface area contributed by atoms with Crippen LogP contribution in [0.4, 0.5) is 0 Å². The SMILES string of the molecule is O=C([O-])/C(=C/c1ccccc1)CC(=O)N1CCC2(CCCCC2)CC1.[Na+]. The minimum Gasteiger partial charge on any atom is -0.545 e. The number of benzene rings is 1. The average Bonchev–Trinajstić information content (AvgIpc) is 2.63. The summed E-state index contributed by atoms with van der Waals surface area (Å²) in [5.74, 6) is -1.37. The van der Waals surface area contributed by atoms with Crippen LogP contribution in [0.3, 0.4) is 0 Å². The Kier molecular flexibility index (Phi) is 7.93. The summed E-state index contributed by atoms with van der Waals surface area (Å²) in [6.07, 6.45) is 10.1. The molecule has 1 spiro atoms. The van der Waals surface area contributed by atoms with Gasteiger partial charge in [0.05, 0.1) is 12.4 Å². The molecule has 0 atom stereocenters. The molecule has 1 saturated carbocycles. The van der Waals surface area contributed by atoms with E-state index in [0.29, 0.717) is 5.41 Å². The third-order valence-electron chi connectivity index (χ3n) is 5.84. The molecule has 0 N–H and O–H groups in total. The van der Waals surface area contributed by atoms with Crippen molar-refractivity contribution in [1.82, 2.24) is 4.90 Å². The van der Waals surface area contributed by atoms with Crippen molar-refractivity contribution in [3.8, 4) is 0 Å². The third kappa shape index (κ3) is 5.45. The van der Waals surface area contributed by atoms with Crippen molar-refractivity contribution in [2.24, 2.45) is 5.41 Å². The molecular formula is C21H26NNaO3. The Morgan fingerprint density at radius 1 is 1.00 bits per heavy atom. The van der Waals surface area contributed by atoms with Gasteiger partial charge in [0.15, 0.2) is 0 Å². The molecule has 1 aromatic rings. The molecule has 1 aliphatic carbocycles. The van der Waals surface area contributed by atoms with E-state index < -0.39 is 5.97 Å². The van der Waals surface area contributed by atoms with Gasteiger partial charge in [0.1, 0.15) is 0 Å². The predicted molar refractivity (Wildman–Crippen MR) is 95.4 cm³/mol. The minimum atomic E-state index is -1.27. The molecule has 4 nitrogen and oxygen atoms in total. The van der Waals surface area contributed by atoms with Crippen molar-refractivity contribution in [1.29, 1.82) is 0 Å². The number of hydrogen-bond donors (Lipinski definition) is 0. The summed E-state index contributed by atoms with van der Waals surface area (Å²) in [6, 6.07) is 9.20. The maximum absolute atomic E-state index is 12.6. The van der Waals surface area contributed by atoms with Crippen LogP contribution in [0.25, 0.3) is 6.08 Å². The number of carbonyl (C=O) groups excluding carboxylic acids is 2. The maximum Gasteiger partial charge on any atom is 1.00 e. The van der Waals surface area contributed by atoms with Crippen LogP contribution < -0.4 is 34.7 Å². The van der Waals surface area contributed by atoms with Gasteiger partial charge in [-0.05, 0) is 48.3 Å². The molecule has 134 valence electrons. The van der Waals surface area contributed by atoms with Crippen LogP contribution in [-0.2, 0) is 9.59 Å². The van der Waals surface area contributed by atoms with Gasteiger partial charge in [-0.3, -0.25) is 4.79 Å². The molecule has 3 rings (SSSR count). The van der Waals surface area contributed by atoms with Gasteiger partial charge in [0.25, 0.3) is 0 Å². The molecular weight excluding hydrogens is 337 g/mol. The number of piperidine rings is 1. The number of aliphatic carboxylic acids is 1. The van der Waals surface area contributed by atoms with Gasteiger partial charge >= 0.3 is 29.6 Å². The molecule has 2 fully saturated rings. The number of amides is 1. The number of carboxylic acid groups (broad SMARTS) is 1. The van der Waals surface area contributed by atoms with Gasteiger partial charge in [-0.1, -0.05) is 49.6 Å². The summed E-state index contributed by atoms with van der Waals surface area (Å²) in [6.45, 7) is 1.51. The average molecular weight is 363 g/mol. The normalized spacial score (nSPS) is 19.7. The van der Waals surface area contributed by atoms with Crippen molar-refractivity contribution >= 4 is 18.0 Å². The number of nitrogens with zero attached hydrogens (tertiary/aromatic N) is 1. The Bertz CT molecular complexity index is 640. The van der Waals surface area contributed by atoms with E-state index in [4.69, 9.17) is 0 Å². The predicted octanol–water partition coefficient (Wildman–Crippen LogP) is -0.213. The molecule has 0 aromatic heterocycles. The number of carbonyl (C=O) groups is 2. The summed E-state index contributed by atoms with van der Waals surface area (Å²) >= 11 is 0. The van der Waals surface area contributed by atoms with E-state index >= 15 is 0 Å². The van der Waals surface area contributed by atoms with E-state index in [9.17, 15) is 14.7 Å².